The molecule has 218 valence electrons. The van der Waals surface area contributed by atoms with Crippen molar-refractivity contribution in [1.82, 2.24) is 30.0 Å². The van der Waals surface area contributed by atoms with E-state index in [4.69, 9.17) is 9.97 Å². The second-order valence-electron chi connectivity index (χ2n) is 10.5. The zero-order chi connectivity index (χ0) is 28.8. The third-order valence-electron chi connectivity index (χ3n) is 7.35. The number of aryl methyl sites for hydroxylation is 1. The Morgan fingerprint density at radius 3 is 2.58 bits per heavy atom. The molecule has 0 saturated carbocycles. The molecule has 3 aromatic heterocycles. The lowest BCUT2D eigenvalue weighted by Gasteiger charge is -2.30. The van der Waals surface area contributed by atoms with Crippen LogP contribution in [0.25, 0.3) is 10.2 Å². The number of carbonyl (C=O) groups is 1. The standard InChI is InChI=1S/C24H31F3N8O4S/c1-3-4-13-7-14-18(33-5-6-35-17(10-33)31-32-20(35)24(25,26)27)29-22(30-19(14)40-13)34-8-15(16(38)9-34)28-21(39)23(2,11-36)12-37/h7,15-16,36-38H,3-6,8-12H2,1-2H3,(H,28,39). The van der Waals surface area contributed by atoms with Gasteiger partial charge in [-0.25, -0.2) is 4.98 Å². The molecule has 4 N–H and O–H groups in total. The molecule has 1 saturated heterocycles. The average molecular weight is 585 g/mol. The number of aliphatic hydroxyl groups excluding tert-OH is 3. The highest BCUT2D eigenvalue weighted by Crippen LogP contribution is 2.36. The number of carbonyl (C=O) groups excluding carboxylic acids is 1. The first-order valence-corrected chi connectivity index (χ1v) is 13.8. The first-order chi connectivity index (χ1) is 19.0. The molecule has 5 heterocycles. The molecule has 0 spiro atoms. The fraction of sp³-hybridized carbons (Fsp3) is 0.625. The van der Waals surface area contributed by atoms with Gasteiger partial charge in [0.2, 0.25) is 17.7 Å². The smallest absolute Gasteiger partial charge is 0.395 e. The minimum absolute atomic E-state index is 0.0367. The van der Waals surface area contributed by atoms with Crippen molar-refractivity contribution in [2.45, 2.75) is 58.1 Å². The Balaban J connectivity index is 1.45. The summed E-state index contributed by atoms with van der Waals surface area (Å²) >= 11 is 1.51. The van der Waals surface area contributed by atoms with Crippen molar-refractivity contribution in [3.8, 4) is 0 Å². The van der Waals surface area contributed by atoms with Gasteiger partial charge >= 0.3 is 6.18 Å². The van der Waals surface area contributed by atoms with Crippen molar-refractivity contribution >= 4 is 39.2 Å². The number of nitrogens with zero attached hydrogens (tertiary/aromatic N) is 7. The first-order valence-electron chi connectivity index (χ1n) is 13.0. The molecule has 16 heteroatoms. The summed E-state index contributed by atoms with van der Waals surface area (Å²) in [5.74, 6) is -0.548. The monoisotopic (exact) mass is 584 g/mol. The van der Waals surface area contributed by atoms with Gasteiger partial charge in [-0.2, -0.15) is 18.2 Å². The summed E-state index contributed by atoms with van der Waals surface area (Å²) in [7, 11) is 0. The Morgan fingerprint density at radius 1 is 1.15 bits per heavy atom. The molecule has 0 aromatic carbocycles. The summed E-state index contributed by atoms with van der Waals surface area (Å²) in [4.78, 5) is 27.6. The highest BCUT2D eigenvalue weighted by atomic mass is 32.1. The summed E-state index contributed by atoms with van der Waals surface area (Å²) in [5, 5.41) is 40.4. The van der Waals surface area contributed by atoms with E-state index in [-0.39, 0.29) is 38.5 Å². The van der Waals surface area contributed by atoms with Gasteiger partial charge in [-0.3, -0.25) is 4.79 Å². The van der Waals surface area contributed by atoms with Crippen molar-refractivity contribution in [3.05, 3.63) is 22.6 Å². The van der Waals surface area contributed by atoms with Gasteiger partial charge in [-0.1, -0.05) is 13.3 Å². The van der Waals surface area contributed by atoms with Crippen LogP contribution in [0.4, 0.5) is 24.9 Å². The summed E-state index contributed by atoms with van der Waals surface area (Å²) in [5.41, 5.74) is -1.40. The molecule has 5 rings (SSSR count). The van der Waals surface area contributed by atoms with E-state index < -0.39 is 48.7 Å². The van der Waals surface area contributed by atoms with Gasteiger partial charge < -0.3 is 35.0 Å². The molecule has 2 aliphatic heterocycles. The van der Waals surface area contributed by atoms with Gasteiger partial charge in [-0.15, -0.1) is 21.5 Å². The number of anilines is 2. The van der Waals surface area contributed by atoms with Crippen LogP contribution in [-0.4, -0.2) is 91.0 Å². The normalized spacial score (nSPS) is 19.9. The van der Waals surface area contributed by atoms with E-state index in [1.165, 1.54) is 18.3 Å². The van der Waals surface area contributed by atoms with E-state index in [1.807, 2.05) is 11.0 Å². The van der Waals surface area contributed by atoms with Crippen LogP contribution in [0.15, 0.2) is 6.07 Å². The highest BCUT2D eigenvalue weighted by molar-refractivity contribution is 7.18. The predicted molar refractivity (Wildman–Crippen MR) is 140 cm³/mol. The molecule has 2 aliphatic rings. The van der Waals surface area contributed by atoms with Crippen molar-refractivity contribution in [2.75, 3.05) is 42.6 Å². The van der Waals surface area contributed by atoms with Gasteiger partial charge in [0.15, 0.2) is 5.82 Å². The van der Waals surface area contributed by atoms with Crippen molar-refractivity contribution in [3.63, 3.8) is 0 Å². The van der Waals surface area contributed by atoms with Crippen LogP contribution in [0.5, 0.6) is 0 Å². The molecule has 40 heavy (non-hydrogen) atoms. The zero-order valence-electron chi connectivity index (χ0n) is 22.0. The lowest BCUT2D eigenvalue weighted by Crippen LogP contribution is -2.51. The molecule has 1 fully saturated rings. The maximum atomic E-state index is 13.4. The number of hydrogen-bond acceptors (Lipinski definition) is 11. The Bertz CT molecular complexity index is 1390. The minimum atomic E-state index is -4.60. The number of aromatic nitrogens is 5. The number of nitrogens with one attached hydrogen (secondary N) is 1. The van der Waals surface area contributed by atoms with Gasteiger partial charge in [-0.05, 0) is 19.4 Å². The number of halogens is 3. The number of aliphatic hydroxyl groups is 3. The molecule has 0 aliphatic carbocycles. The number of amides is 1. The van der Waals surface area contributed by atoms with Crippen LogP contribution in [0.3, 0.4) is 0 Å². The molecule has 1 amide bonds. The van der Waals surface area contributed by atoms with E-state index in [2.05, 4.69) is 22.4 Å². The average Bonchev–Trinajstić information content (AvgIpc) is 3.63. The topological polar surface area (TPSA) is 153 Å². The maximum absolute atomic E-state index is 13.4. The second-order valence-corrected chi connectivity index (χ2v) is 11.6. The van der Waals surface area contributed by atoms with Crippen molar-refractivity contribution < 1.29 is 33.3 Å². The third kappa shape index (κ3) is 5.20. The van der Waals surface area contributed by atoms with E-state index >= 15 is 0 Å². The number of fused-ring (bicyclic) bond motifs is 2. The van der Waals surface area contributed by atoms with Gasteiger partial charge in [0, 0.05) is 31.1 Å². The van der Waals surface area contributed by atoms with Crippen molar-refractivity contribution in [1.29, 1.82) is 0 Å². The van der Waals surface area contributed by atoms with Crippen LogP contribution in [-0.2, 0) is 30.5 Å². The molecular formula is C24H31F3N8O4S. The molecule has 2 atom stereocenters. The van der Waals surface area contributed by atoms with Crippen LogP contribution in [0.2, 0.25) is 0 Å². The van der Waals surface area contributed by atoms with Crippen molar-refractivity contribution in [2.24, 2.45) is 5.41 Å². The van der Waals surface area contributed by atoms with Crippen LogP contribution < -0.4 is 15.1 Å². The Morgan fingerprint density at radius 2 is 1.90 bits per heavy atom. The van der Waals surface area contributed by atoms with Gasteiger partial charge in [0.25, 0.3) is 0 Å². The lowest BCUT2D eigenvalue weighted by atomic mass is 9.91. The molecule has 2 unspecified atom stereocenters. The molecule has 3 aromatic rings. The number of rotatable bonds is 8. The van der Waals surface area contributed by atoms with E-state index in [0.717, 1.165) is 27.7 Å². The van der Waals surface area contributed by atoms with Crippen LogP contribution in [0.1, 0.15) is 36.8 Å². The van der Waals surface area contributed by atoms with Crippen LogP contribution in [0, 0.1) is 5.41 Å². The number of hydrogen-bond donors (Lipinski definition) is 4. The SMILES string of the molecule is CCCc1cc2c(N3CCn4c(nnc4C(F)(F)F)C3)nc(N3CC(O)C(NC(=O)C(C)(CO)CO)C3)nc2s1. The van der Waals surface area contributed by atoms with Gasteiger partial charge in [0.05, 0.1) is 42.7 Å². The predicted octanol–water partition coefficient (Wildman–Crippen LogP) is 0.931. The fourth-order valence-electron chi connectivity index (χ4n) is 4.87. The molecule has 0 bridgehead atoms. The lowest BCUT2D eigenvalue weighted by molar-refractivity contribution is -0.147. The second kappa shape index (κ2) is 10.7. The summed E-state index contributed by atoms with van der Waals surface area (Å²) < 4.78 is 41.1. The van der Waals surface area contributed by atoms with Gasteiger partial charge in [0.1, 0.15) is 10.6 Å². The first kappa shape index (κ1) is 28.4. The summed E-state index contributed by atoms with van der Waals surface area (Å²) in [6, 6.07) is 1.32. The zero-order valence-corrected chi connectivity index (χ0v) is 22.8. The quantitative estimate of drug-likeness (QED) is 0.301. The van der Waals surface area contributed by atoms with E-state index in [1.54, 1.807) is 4.90 Å². The minimum Gasteiger partial charge on any atom is -0.395 e. The summed E-state index contributed by atoms with van der Waals surface area (Å²) in [6.07, 6.45) is -3.79. The highest BCUT2D eigenvalue weighted by Gasteiger charge is 2.41. The number of alkyl halides is 3. The Hall–Kier alpha value is -3.08. The number of thiophene rings is 1. The third-order valence-corrected chi connectivity index (χ3v) is 8.44. The van der Waals surface area contributed by atoms with E-state index in [0.29, 0.717) is 16.6 Å². The largest absolute Gasteiger partial charge is 0.451 e. The number of β-amino-alcohol motifs (C(OH)–C–C–N with tert-alkyl or cyclic N) is 1. The Kier molecular flexibility index (Phi) is 7.62. The van der Waals surface area contributed by atoms with E-state index in [9.17, 15) is 33.3 Å². The summed E-state index contributed by atoms with van der Waals surface area (Å²) in [6.45, 7) is 3.05. The molecule has 12 nitrogen and oxygen atoms in total. The maximum Gasteiger partial charge on any atom is 0.451 e. The van der Waals surface area contributed by atoms with Crippen LogP contribution >= 0.6 is 11.3 Å². The molecule has 0 radical (unpaired) electrons. The molecular weight excluding hydrogens is 553 g/mol. The Labute approximate surface area is 231 Å². The fourth-order valence-corrected chi connectivity index (χ4v) is 5.99.